The van der Waals surface area contributed by atoms with Crippen molar-refractivity contribution in [1.82, 2.24) is 0 Å². The van der Waals surface area contributed by atoms with E-state index in [-0.39, 0.29) is 24.1 Å². The SMILES string of the molecule is NCCOB(c1ccc(F)c(F)c1)c1ccc(F)c(F)c1. The van der Waals surface area contributed by atoms with Gasteiger partial charge < -0.3 is 10.4 Å². The van der Waals surface area contributed by atoms with Crippen molar-refractivity contribution in [2.45, 2.75) is 0 Å². The lowest BCUT2D eigenvalue weighted by Gasteiger charge is -2.15. The van der Waals surface area contributed by atoms with Crippen LogP contribution in [0.25, 0.3) is 0 Å². The van der Waals surface area contributed by atoms with E-state index in [9.17, 15) is 17.6 Å². The molecular formula is C14H12BF4NO. The Kier molecular flexibility index (Phi) is 4.98. The minimum absolute atomic E-state index is 0.128. The van der Waals surface area contributed by atoms with Crippen LogP contribution in [-0.2, 0) is 4.65 Å². The first kappa shape index (κ1) is 15.5. The zero-order valence-electron chi connectivity index (χ0n) is 11.0. The van der Waals surface area contributed by atoms with Crippen molar-refractivity contribution in [2.75, 3.05) is 13.2 Å². The molecule has 21 heavy (non-hydrogen) atoms. The first-order chi connectivity index (χ1) is 10.0. The summed E-state index contributed by atoms with van der Waals surface area (Å²) in [6.07, 6.45) is 0. The van der Waals surface area contributed by atoms with Crippen LogP contribution in [0.15, 0.2) is 36.4 Å². The topological polar surface area (TPSA) is 35.2 Å². The van der Waals surface area contributed by atoms with Crippen LogP contribution in [-0.4, -0.2) is 20.1 Å². The average Bonchev–Trinajstić information content (AvgIpc) is 2.46. The predicted molar refractivity (Wildman–Crippen MR) is 72.7 cm³/mol. The highest BCUT2D eigenvalue weighted by Gasteiger charge is 2.23. The van der Waals surface area contributed by atoms with E-state index in [1.165, 1.54) is 12.1 Å². The molecule has 0 spiro atoms. The maximum Gasteiger partial charge on any atom is 0.361 e. The monoisotopic (exact) mass is 297 g/mol. The van der Waals surface area contributed by atoms with Gasteiger partial charge in [-0.15, -0.1) is 0 Å². The molecule has 0 aliphatic carbocycles. The van der Waals surface area contributed by atoms with Gasteiger partial charge in [0.2, 0.25) is 0 Å². The summed E-state index contributed by atoms with van der Waals surface area (Å²) >= 11 is 0. The Morgan fingerprint density at radius 2 is 1.29 bits per heavy atom. The summed E-state index contributed by atoms with van der Waals surface area (Å²) in [4.78, 5) is 0. The molecule has 0 radical (unpaired) electrons. The summed E-state index contributed by atoms with van der Waals surface area (Å²) in [7, 11) is 0. The highest BCUT2D eigenvalue weighted by Crippen LogP contribution is 2.06. The fraction of sp³-hybridized carbons (Fsp3) is 0.143. The van der Waals surface area contributed by atoms with Gasteiger partial charge in [-0.25, -0.2) is 17.6 Å². The molecule has 0 aliphatic rings. The summed E-state index contributed by atoms with van der Waals surface area (Å²) in [5, 5.41) is 0. The molecule has 0 atom stereocenters. The predicted octanol–water partition coefficient (Wildman–Crippen LogP) is 1.32. The number of halogens is 4. The Balaban J connectivity index is 2.41. The molecule has 0 unspecified atom stereocenters. The van der Waals surface area contributed by atoms with E-state index in [0.717, 1.165) is 24.3 Å². The molecule has 0 aliphatic heterocycles. The Hall–Kier alpha value is -1.86. The molecule has 0 bridgehead atoms. The van der Waals surface area contributed by atoms with E-state index >= 15 is 0 Å². The maximum atomic E-state index is 13.3. The van der Waals surface area contributed by atoms with Crippen molar-refractivity contribution < 1.29 is 22.2 Å². The Labute approximate surface area is 119 Å². The van der Waals surface area contributed by atoms with E-state index in [0.29, 0.717) is 0 Å². The smallest absolute Gasteiger partial charge is 0.361 e. The number of benzene rings is 2. The molecule has 7 heteroatoms. The molecule has 0 fully saturated rings. The molecule has 2 rings (SSSR count). The van der Waals surface area contributed by atoms with Crippen LogP contribution in [0.1, 0.15) is 0 Å². The number of rotatable bonds is 5. The highest BCUT2D eigenvalue weighted by atomic mass is 19.2. The van der Waals surface area contributed by atoms with Gasteiger partial charge in [0.15, 0.2) is 23.3 Å². The lowest BCUT2D eigenvalue weighted by molar-refractivity contribution is 0.344. The van der Waals surface area contributed by atoms with Crippen molar-refractivity contribution in [3.63, 3.8) is 0 Å². The van der Waals surface area contributed by atoms with E-state index in [2.05, 4.69) is 0 Å². The fourth-order valence-electron chi connectivity index (χ4n) is 1.92. The number of hydrogen-bond acceptors (Lipinski definition) is 2. The van der Waals surface area contributed by atoms with Crippen molar-refractivity contribution in [3.8, 4) is 0 Å². The van der Waals surface area contributed by atoms with Crippen LogP contribution in [0.5, 0.6) is 0 Å². The fourth-order valence-corrected chi connectivity index (χ4v) is 1.92. The van der Waals surface area contributed by atoms with Gasteiger partial charge in [-0.05, 0) is 35.2 Å². The minimum atomic E-state index is -1.04. The standard InChI is InChI=1S/C14H12BF4NO/c16-11-3-1-9(7-13(11)18)15(21-6-5-20)10-2-4-12(17)14(19)8-10/h1-4,7-8H,5-6,20H2. The first-order valence-corrected chi connectivity index (χ1v) is 6.24. The molecule has 0 heterocycles. The van der Waals surface area contributed by atoms with Gasteiger partial charge in [-0.2, -0.15) is 0 Å². The van der Waals surface area contributed by atoms with Crippen LogP contribution in [0, 0.1) is 23.3 Å². The molecular weight excluding hydrogens is 285 g/mol. The Bertz CT molecular complexity index is 587. The lowest BCUT2D eigenvalue weighted by atomic mass is 9.55. The molecule has 2 aromatic rings. The van der Waals surface area contributed by atoms with E-state index in [1.807, 2.05) is 0 Å². The van der Waals surface area contributed by atoms with Gasteiger partial charge in [0.1, 0.15) is 0 Å². The summed E-state index contributed by atoms with van der Waals surface area (Å²) in [5.74, 6) is -4.09. The third-order valence-corrected chi connectivity index (χ3v) is 2.90. The Morgan fingerprint density at radius 1 is 0.810 bits per heavy atom. The second-order valence-corrected chi connectivity index (χ2v) is 4.39. The van der Waals surface area contributed by atoms with E-state index in [4.69, 9.17) is 10.4 Å². The molecule has 2 nitrogen and oxygen atoms in total. The minimum Gasteiger partial charge on any atom is -0.426 e. The van der Waals surface area contributed by atoms with Crippen LogP contribution >= 0.6 is 0 Å². The second kappa shape index (κ2) is 6.73. The van der Waals surface area contributed by atoms with Crippen molar-refractivity contribution in [2.24, 2.45) is 5.73 Å². The summed E-state index contributed by atoms with van der Waals surface area (Å²) in [6, 6.07) is 6.45. The molecule has 0 saturated heterocycles. The molecule has 2 N–H and O–H groups in total. The van der Waals surface area contributed by atoms with Crippen molar-refractivity contribution in [1.29, 1.82) is 0 Å². The molecule has 0 amide bonds. The average molecular weight is 297 g/mol. The normalized spacial score (nSPS) is 10.7. The third-order valence-electron chi connectivity index (χ3n) is 2.90. The number of nitrogens with two attached hydrogens (primary N) is 1. The van der Waals surface area contributed by atoms with Gasteiger partial charge >= 0.3 is 6.92 Å². The largest absolute Gasteiger partial charge is 0.426 e. The van der Waals surface area contributed by atoms with Crippen LogP contribution in [0.4, 0.5) is 17.6 Å². The van der Waals surface area contributed by atoms with Crippen molar-refractivity contribution in [3.05, 3.63) is 59.7 Å². The first-order valence-electron chi connectivity index (χ1n) is 6.24. The van der Waals surface area contributed by atoms with Crippen LogP contribution < -0.4 is 16.7 Å². The van der Waals surface area contributed by atoms with E-state index in [1.54, 1.807) is 0 Å². The zero-order valence-corrected chi connectivity index (χ0v) is 11.0. The van der Waals surface area contributed by atoms with Gasteiger partial charge in [0.05, 0.1) is 0 Å². The lowest BCUT2D eigenvalue weighted by Crippen LogP contribution is -2.46. The molecule has 0 saturated carbocycles. The summed E-state index contributed by atoms with van der Waals surface area (Å²) in [5.41, 5.74) is 5.92. The van der Waals surface area contributed by atoms with Crippen LogP contribution in [0.3, 0.4) is 0 Å². The van der Waals surface area contributed by atoms with Gasteiger partial charge in [0.25, 0.3) is 0 Å². The summed E-state index contributed by atoms with van der Waals surface area (Å²) < 4.78 is 58.1. The van der Waals surface area contributed by atoms with Gasteiger partial charge in [-0.1, -0.05) is 12.1 Å². The van der Waals surface area contributed by atoms with Crippen LogP contribution in [0.2, 0.25) is 0 Å². The maximum absolute atomic E-state index is 13.3. The molecule has 0 aromatic heterocycles. The Morgan fingerprint density at radius 3 is 1.67 bits per heavy atom. The second-order valence-electron chi connectivity index (χ2n) is 4.39. The quantitative estimate of drug-likeness (QED) is 0.667. The molecule has 110 valence electrons. The van der Waals surface area contributed by atoms with E-state index < -0.39 is 30.2 Å². The van der Waals surface area contributed by atoms with Gasteiger partial charge in [-0.3, -0.25) is 0 Å². The van der Waals surface area contributed by atoms with Crippen molar-refractivity contribution >= 4 is 17.8 Å². The van der Waals surface area contributed by atoms with Gasteiger partial charge in [0, 0.05) is 13.2 Å². The summed E-state index contributed by atoms with van der Waals surface area (Å²) in [6.45, 7) is -0.536. The number of hydrogen-bond donors (Lipinski definition) is 1. The zero-order chi connectivity index (χ0) is 15.4. The molecule has 2 aromatic carbocycles. The highest BCUT2D eigenvalue weighted by molar-refractivity contribution is 6.80. The third kappa shape index (κ3) is 3.62.